The van der Waals surface area contributed by atoms with Crippen LogP contribution < -0.4 is 5.32 Å². The fourth-order valence-corrected chi connectivity index (χ4v) is 1.67. The number of methoxy groups -OCH3 is 1. The van der Waals surface area contributed by atoms with E-state index in [0.717, 1.165) is 19.3 Å². The van der Waals surface area contributed by atoms with E-state index in [9.17, 15) is 4.79 Å². The van der Waals surface area contributed by atoms with Crippen LogP contribution in [0.1, 0.15) is 32.6 Å². The molecule has 1 saturated heterocycles. The molecule has 78 valence electrons. The van der Waals surface area contributed by atoms with Crippen molar-refractivity contribution in [2.75, 3.05) is 7.11 Å². The van der Waals surface area contributed by atoms with Gasteiger partial charge in [-0.3, -0.25) is 4.79 Å². The number of halogens is 1. The van der Waals surface area contributed by atoms with E-state index in [1.165, 1.54) is 13.5 Å². The third-order valence-electron chi connectivity index (χ3n) is 2.46. The first-order chi connectivity index (χ1) is 5.77. The standard InChI is InChI=1S/C9H17NO2.ClH/c1-3-7-5-4-6-8(10-7)9(11)12-2;/h7-8,10H,3-6H2,1-2H3;1H/t7-,8-;/m1./s1. The van der Waals surface area contributed by atoms with Crippen molar-refractivity contribution in [3.8, 4) is 0 Å². The van der Waals surface area contributed by atoms with Gasteiger partial charge in [0.05, 0.1) is 7.11 Å². The Kier molecular flexibility index (Phi) is 6.08. The summed E-state index contributed by atoms with van der Waals surface area (Å²) in [5, 5.41) is 3.28. The Balaban J connectivity index is 0.00000144. The fraction of sp³-hybridized carbons (Fsp3) is 0.889. The van der Waals surface area contributed by atoms with E-state index in [0.29, 0.717) is 6.04 Å². The van der Waals surface area contributed by atoms with E-state index in [-0.39, 0.29) is 24.4 Å². The summed E-state index contributed by atoms with van der Waals surface area (Å²) in [6, 6.07) is 0.441. The second-order valence-electron chi connectivity index (χ2n) is 3.28. The third kappa shape index (κ3) is 3.53. The molecular formula is C9H18ClNO2. The molecule has 3 nitrogen and oxygen atoms in total. The molecule has 1 aliphatic rings. The summed E-state index contributed by atoms with van der Waals surface area (Å²) in [6.07, 6.45) is 4.33. The maximum Gasteiger partial charge on any atom is 0.322 e. The van der Waals surface area contributed by atoms with Crippen LogP contribution in [0.4, 0.5) is 0 Å². The van der Waals surface area contributed by atoms with E-state index in [2.05, 4.69) is 17.0 Å². The molecule has 0 aliphatic carbocycles. The lowest BCUT2D eigenvalue weighted by Gasteiger charge is -2.28. The van der Waals surface area contributed by atoms with Crippen LogP contribution in [0.25, 0.3) is 0 Å². The molecule has 1 heterocycles. The first-order valence-electron chi connectivity index (χ1n) is 4.61. The maximum absolute atomic E-state index is 11.1. The minimum atomic E-state index is -0.117. The summed E-state index contributed by atoms with van der Waals surface area (Å²) in [6.45, 7) is 2.14. The third-order valence-corrected chi connectivity index (χ3v) is 2.46. The van der Waals surface area contributed by atoms with Gasteiger partial charge in [-0.25, -0.2) is 0 Å². The fourth-order valence-electron chi connectivity index (χ4n) is 1.67. The van der Waals surface area contributed by atoms with Crippen LogP contribution in [0.5, 0.6) is 0 Å². The van der Waals surface area contributed by atoms with Crippen LogP contribution >= 0.6 is 12.4 Å². The average Bonchev–Trinajstić information content (AvgIpc) is 2.17. The molecule has 0 aromatic carbocycles. The van der Waals surface area contributed by atoms with Gasteiger partial charge in [-0.15, -0.1) is 12.4 Å². The average molecular weight is 208 g/mol. The van der Waals surface area contributed by atoms with Gasteiger partial charge in [-0.05, 0) is 25.7 Å². The van der Waals surface area contributed by atoms with Gasteiger partial charge < -0.3 is 10.1 Å². The molecule has 0 amide bonds. The van der Waals surface area contributed by atoms with Gasteiger partial charge in [0, 0.05) is 6.04 Å². The Hall–Kier alpha value is -0.280. The highest BCUT2D eigenvalue weighted by atomic mass is 35.5. The van der Waals surface area contributed by atoms with Crippen LogP contribution in [0.15, 0.2) is 0 Å². The highest BCUT2D eigenvalue weighted by molar-refractivity contribution is 5.85. The molecule has 0 bridgehead atoms. The SMILES string of the molecule is CC[C@@H]1CCC[C@H](C(=O)OC)N1.Cl. The summed E-state index contributed by atoms with van der Waals surface area (Å²) >= 11 is 0. The quantitative estimate of drug-likeness (QED) is 0.698. The molecule has 1 N–H and O–H groups in total. The zero-order valence-corrected chi connectivity index (χ0v) is 9.02. The van der Waals surface area contributed by atoms with E-state index in [4.69, 9.17) is 0 Å². The van der Waals surface area contributed by atoms with Crippen LogP contribution in [-0.4, -0.2) is 25.2 Å². The van der Waals surface area contributed by atoms with Crippen molar-refractivity contribution in [3.05, 3.63) is 0 Å². The van der Waals surface area contributed by atoms with Crippen molar-refractivity contribution in [3.63, 3.8) is 0 Å². The number of nitrogens with one attached hydrogen (secondary N) is 1. The van der Waals surface area contributed by atoms with Crippen LogP contribution in [0, 0.1) is 0 Å². The number of ether oxygens (including phenoxy) is 1. The molecule has 13 heavy (non-hydrogen) atoms. The number of piperidine rings is 1. The molecule has 0 radical (unpaired) electrons. The highest BCUT2D eigenvalue weighted by Gasteiger charge is 2.25. The van der Waals surface area contributed by atoms with Crippen molar-refractivity contribution in [2.24, 2.45) is 0 Å². The second-order valence-corrected chi connectivity index (χ2v) is 3.28. The van der Waals surface area contributed by atoms with Crippen molar-refractivity contribution in [1.29, 1.82) is 0 Å². The summed E-state index contributed by atoms with van der Waals surface area (Å²) < 4.78 is 4.68. The Bertz CT molecular complexity index is 164. The van der Waals surface area contributed by atoms with Gasteiger partial charge in [0.15, 0.2) is 0 Å². The minimum absolute atomic E-state index is 0. The lowest BCUT2D eigenvalue weighted by atomic mass is 9.97. The number of rotatable bonds is 2. The van der Waals surface area contributed by atoms with Crippen LogP contribution in [-0.2, 0) is 9.53 Å². The second kappa shape index (κ2) is 6.22. The predicted octanol–water partition coefficient (Wildman–Crippen LogP) is 1.50. The van der Waals surface area contributed by atoms with Crippen molar-refractivity contribution < 1.29 is 9.53 Å². The van der Waals surface area contributed by atoms with Gasteiger partial charge in [-0.1, -0.05) is 6.92 Å². The molecule has 0 unspecified atom stereocenters. The molecule has 2 atom stereocenters. The van der Waals surface area contributed by atoms with Gasteiger partial charge in [0.25, 0.3) is 0 Å². The van der Waals surface area contributed by atoms with Crippen LogP contribution in [0.3, 0.4) is 0 Å². The molecule has 0 saturated carbocycles. The Labute approximate surface area is 85.6 Å². The van der Waals surface area contributed by atoms with Gasteiger partial charge >= 0.3 is 5.97 Å². The monoisotopic (exact) mass is 207 g/mol. The van der Waals surface area contributed by atoms with E-state index in [1.807, 2.05) is 0 Å². The van der Waals surface area contributed by atoms with Crippen molar-refractivity contribution in [1.82, 2.24) is 5.32 Å². The molecular weight excluding hydrogens is 190 g/mol. The number of carbonyl (C=O) groups is 1. The normalized spacial score (nSPS) is 27.5. The number of esters is 1. The molecule has 1 fully saturated rings. The number of hydrogen-bond acceptors (Lipinski definition) is 3. The van der Waals surface area contributed by atoms with Crippen LogP contribution in [0.2, 0.25) is 0 Å². The highest BCUT2D eigenvalue weighted by Crippen LogP contribution is 2.15. The first kappa shape index (κ1) is 12.7. The maximum atomic E-state index is 11.1. The summed E-state index contributed by atoms with van der Waals surface area (Å²) in [7, 11) is 1.44. The predicted molar refractivity (Wildman–Crippen MR) is 54.1 cm³/mol. The molecule has 1 rings (SSSR count). The van der Waals surface area contributed by atoms with Gasteiger partial charge in [0.2, 0.25) is 0 Å². The molecule has 0 aromatic heterocycles. The summed E-state index contributed by atoms with van der Waals surface area (Å²) in [5.74, 6) is -0.117. The molecule has 0 spiro atoms. The van der Waals surface area contributed by atoms with E-state index < -0.39 is 0 Å². The lowest BCUT2D eigenvalue weighted by Crippen LogP contribution is -2.46. The molecule has 1 aliphatic heterocycles. The minimum Gasteiger partial charge on any atom is -0.468 e. The smallest absolute Gasteiger partial charge is 0.322 e. The largest absolute Gasteiger partial charge is 0.468 e. The van der Waals surface area contributed by atoms with E-state index >= 15 is 0 Å². The first-order valence-corrected chi connectivity index (χ1v) is 4.61. The van der Waals surface area contributed by atoms with Crippen molar-refractivity contribution >= 4 is 18.4 Å². The van der Waals surface area contributed by atoms with Gasteiger partial charge in [0.1, 0.15) is 6.04 Å². The Morgan fingerprint density at radius 1 is 1.54 bits per heavy atom. The molecule has 4 heteroatoms. The molecule has 0 aromatic rings. The summed E-state index contributed by atoms with van der Waals surface area (Å²) in [4.78, 5) is 11.1. The van der Waals surface area contributed by atoms with E-state index in [1.54, 1.807) is 0 Å². The number of hydrogen-bond donors (Lipinski definition) is 1. The lowest BCUT2D eigenvalue weighted by molar-refractivity contribution is -0.144. The number of carbonyl (C=O) groups excluding carboxylic acids is 1. The Morgan fingerprint density at radius 2 is 2.23 bits per heavy atom. The summed E-state index contributed by atoms with van der Waals surface area (Å²) in [5.41, 5.74) is 0. The zero-order valence-electron chi connectivity index (χ0n) is 8.21. The topological polar surface area (TPSA) is 38.3 Å². The van der Waals surface area contributed by atoms with Gasteiger partial charge in [-0.2, -0.15) is 0 Å². The Morgan fingerprint density at radius 3 is 2.77 bits per heavy atom. The zero-order chi connectivity index (χ0) is 8.97. The van der Waals surface area contributed by atoms with Crippen molar-refractivity contribution in [2.45, 2.75) is 44.7 Å².